The highest BCUT2D eigenvalue weighted by atomic mass is 32.2. The third kappa shape index (κ3) is 5.84. The average Bonchev–Trinajstić information content (AvgIpc) is 3.11. The lowest BCUT2D eigenvalue weighted by molar-refractivity contribution is -0.122. The molecule has 0 spiro atoms. The van der Waals surface area contributed by atoms with E-state index in [1.807, 2.05) is 11.8 Å². The minimum atomic E-state index is -3.49. The molecule has 1 aromatic heterocycles. The van der Waals surface area contributed by atoms with Gasteiger partial charge in [0.1, 0.15) is 0 Å². The Morgan fingerprint density at radius 1 is 1.14 bits per heavy atom. The van der Waals surface area contributed by atoms with Crippen molar-refractivity contribution in [2.45, 2.75) is 31.6 Å². The van der Waals surface area contributed by atoms with Crippen LogP contribution in [0.1, 0.15) is 23.7 Å². The lowest BCUT2D eigenvalue weighted by Gasteiger charge is -2.33. The van der Waals surface area contributed by atoms with Gasteiger partial charge in [-0.05, 0) is 32.4 Å². The molecule has 2 heterocycles. The standard InChI is InChI=1S/C19H27N5O4S/c1-15-5-7-17(8-6-15)29(26,27)24-12-10-23(11-13-24)14-18(25)20-9-3-4-19-21-16(2)22-28-19/h5-8H,3-4,9-14H2,1-2H3,(H,20,25). The van der Waals surface area contributed by atoms with Gasteiger partial charge in [-0.15, -0.1) is 0 Å². The topological polar surface area (TPSA) is 109 Å². The summed E-state index contributed by atoms with van der Waals surface area (Å²) in [6.07, 6.45) is 1.34. The summed E-state index contributed by atoms with van der Waals surface area (Å²) in [6.45, 7) is 6.28. The molecule has 1 saturated heterocycles. The monoisotopic (exact) mass is 421 g/mol. The van der Waals surface area contributed by atoms with Crippen LogP contribution >= 0.6 is 0 Å². The summed E-state index contributed by atoms with van der Waals surface area (Å²) in [6, 6.07) is 6.88. The molecule has 158 valence electrons. The molecule has 1 amide bonds. The van der Waals surface area contributed by atoms with Crippen molar-refractivity contribution < 1.29 is 17.7 Å². The molecule has 1 aliphatic rings. The van der Waals surface area contributed by atoms with E-state index < -0.39 is 10.0 Å². The summed E-state index contributed by atoms with van der Waals surface area (Å²) >= 11 is 0. The minimum absolute atomic E-state index is 0.0680. The van der Waals surface area contributed by atoms with Crippen LogP contribution in [0.4, 0.5) is 0 Å². The first kappa shape index (κ1) is 21.4. The van der Waals surface area contributed by atoms with Crippen LogP contribution in [0.25, 0.3) is 0 Å². The summed E-state index contributed by atoms with van der Waals surface area (Å²) in [7, 11) is -3.49. The zero-order valence-corrected chi connectivity index (χ0v) is 17.6. The number of sulfonamides is 1. The van der Waals surface area contributed by atoms with Crippen LogP contribution in [0.5, 0.6) is 0 Å². The molecule has 1 fully saturated rings. The molecule has 1 aliphatic heterocycles. The molecule has 9 nitrogen and oxygen atoms in total. The number of hydrogen-bond acceptors (Lipinski definition) is 7. The van der Waals surface area contributed by atoms with Gasteiger partial charge in [-0.1, -0.05) is 22.9 Å². The Morgan fingerprint density at radius 3 is 2.45 bits per heavy atom. The summed E-state index contributed by atoms with van der Waals surface area (Å²) in [5, 5.41) is 6.60. The van der Waals surface area contributed by atoms with Gasteiger partial charge in [0.25, 0.3) is 0 Å². The fourth-order valence-electron chi connectivity index (χ4n) is 3.16. The maximum absolute atomic E-state index is 12.7. The van der Waals surface area contributed by atoms with Crippen LogP contribution < -0.4 is 5.32 Å². The smallest absolute Gasteiger partial charge is 0.243 e. The first-order valence-corrected chi connectivity index (χ1v) is 11.1. The predicted octanol–water partition coefficient (Wildman–Crippen LogP) is 0.742. The number of hydrogen-bond donors (Lipinski definition) is 1. The predicted molar refractivity (Wildman–Crippen MR) is 107 cm³/mol. The van der Waals surface area contributed by atoms with Gasteiger partial charge in [-0.25, -0.2) is 8.42 Å². The summed E-state index contributed by atoms with van der Waals surface area (Å²) in [5.74, 6) is 1.11. The first-order valence-electron chi connectivity index (χ1n) is 9.69. The van der Waals surface area contributed by atoms with Gasteiger partial charge >= 0.3 is 0 Å². The van der Waals surface area contributed by atoms with Crippen molar-refractivity contribution in [3.63, 3.8) is 0 Å². The van der Waals surface area contributed by atoms with Crippen LogP contribution in [0.15, 0.2) is 33.7 Å². The molecule has 0 saturated carbocycles. The number of aromatic nitrogens is 2. The molecular weight excluding hydrogens is 394 g/mol. The molecule has 0 radical (unpaired) electrons. The van der Waals surface area contributed by atoms with E-state index >= 15 is 0 Å². The van der Waals surface area contributed by atoms with Gasteiger partial charge in [0.15, 0.2) is 5.82 Å². The van der Waals surface area contributed by atoms with Gasteiger partial charge in [0.2, 0.25) is 21.8 Å². The van der Waals surface area contributed by atoms with Crippen molar-refractivity contribution in [3.05, 3.63) is 41.5 Å². The Hall–Kier alpha value is -2.30. The minimum Gasteiger partial charge on any atom is -0.355 e. The zero-order valence-electron chi connectivity index (χ0n) is 16.8. The molecule has 0 aliphatic carbocycles. The van der Waals surface area contributed by atoms with E-state index in [4.69, 9.17) is 4.52 Å². The summed E-state index contributed by atoms with van der Waals surface area (Å²) in [5.41, 5.74) is 1.02. The van der Waals surface area contributed by atoms with E-state index in [1.165, 1.54) is 4.31 Å². The number of carbonyl (C=O) groups excluding carboxylic acids is 1. The number of piperazine rings is 1. The van der Waals surface area contributed by atoms with Crippen LogP contribution in [0.3, 0.4) is 0 Å². The van der Waals surface area contributed by atoms with Crippen molar-refractivity contribution in [2.24, 2.45) is 0 Å². The van der Waals surface area contributed by atoms with Crippen LogP contribution in [0.2, 0.25) is 0 Å². The lowest BCUT2D eigenvalue weighted by atomic mass is 10.2. The van der Waals surface area contributed by atoms with E-state index in [9.17, 15) is 13.2 Å². The van der Waals surface area contributed by atoms with Crippen molar-refractivity contribution in [1.29, 1.82) is 0 Å². The van der Waals surface area contributed by atoms with Crippen LogP contribution in [0, 0.1) is 13.8 Å². The van der Waals surface area contributed by atoms with E-state index in [0.717, 1.165) is 12.0 Å². The molecule has 0 bridgehead atoms. The second kappa shape index (κ2) is 9.47. The van der Waals surface area contributed by atoms with Gasteiger partial charge in [0.05, 0.1) is 11.4 Å². The third-order valence-electron chi connectivity index (χ3n) is 4.82. The van der Waals surface area contributed by atoms with E-state index in [1.54, 1.807) is 31.2 Å². The summed E-state index contributed by atoms with van der Waals surface area (Å²) < 4.78 is 32.0. The Balaban J connectivity index is 1.38. The van der Waals surface area contributed by atoms with Gasteiger partial charge in [-0.2, -0.15) is 9.29 Å². The Morgan fingerprint density at radius 2 is 1.83 bits per heavy atom. The molecule has 1 N–H and O–H groups in total. The van der Waals surface area contributed by atoms with Crippen molar-refractivity contribution in [2.75, 3.05) is 39.3 Å². The molecule has 3 rings (SSSR count). The van der Waals surface area contributed by atoms with Gasteiger partial charge in [-0.3, -0.25) is 9.69 Å². The second-order valence-electron chi connectivity index (χ2n) is 7.18. The molecule has 0 unspecified atom stereocenters. The second-order valence-corrected chi connectivity index (χ2v) is 9.12. The number of aryl methyl sites for hydroxylation is 3. The Kier molecular flexibility index (Phi) is 6.99. The molecular formula is C19H27N5O4S. The molecule has 10 heteroatoms. The molecule has 0 atom stereocenters. The first-order chi connectivity index (χ1) is 13.8. The van der Waals surface area contributed by atoms with Crippen LogP contribution in [-0.4, -0.2) is 72.9 Å². The van der Waals surface area contributed by atoms with Gasteiger partial charge < -0.3 is 9.84 Å². The zero-order chi connectivity index (χ0) is 20.9. The average molecular weight is 422 g/mol. The molecule has 29 heavy (non-hydrogen) atoms. The number of amides is 1. The number of benzene rings is 1. The highest BCUT2D eigenvalue weighted by molar-refractivity contribution is 7.89. The molecule has 1 aromatic carbocycles. The number of nitrogens with one attached hydrogen (secondary N) is 1. The van der Waals surface area contributed by atoms with E-state index in [0.29, 0.717) is 55.8 Å². The lowest BCUT2D eigenvalue weighted by Crippen LogP contribution is -2.51. The Labute approximate surface area is 171 Å². The summed E-state index contributed by atoms with van der Waals surface area (Å²) in [4.78, 5) is 18.5. The number of nitrogens with zero attached hydrogens (tertiary/aromatic N) is 4. The Bertz CT molecular complexity index is 918. The maximum atomic E-state index is 12.7. The van der Waals surface area contributed by atoms with Crippen molar-refractivity contribution in [1.82, 2.24) is 24.7 Å². The number of carbonyl (C=O) groups is 1. The number of rotatable bonds is 8. The quantitative estimate of drug-likeness (QED) is 0.626. The highest BCUT2D eigenvalue weighted by Gasteiger charge is 2.28. The van der Waals surface area contributed by atoms with Crippen molar-refractivity contribution in [3.8, 4) is 0 Å². The van der Waals surface area contributed by atoms with Crippen LogP contribution in [-0.2, 0) is 21.2 Å². The largest absolute Gasteiger partial charge is 0.355 e. The third-order valence-corrected chi connectivity index (χ3v) is 6.73. The fourth-order valence-corrected chi connectivity index (χ4v) is 4.58. The molecule has 2 aromatic rings. The SMILES string of the molecule is Cc1ccc(S(=O)(=O)N2CCN(CC(=O)NCCCc3nc(C)no3)CC2)cc1. The normalized spacial score (nSPS) is 16.1. The van der Waals surface area contributed by atoms with E-state index in [-0.39, 0.29) is 12.5 Å². The van der Waals surface area contributed by atoms with E-state index in [2.05, 4.69) is 15.5 Å². The maximum Gasteiger partial charge on any atom is 0.243 e. The fraction of sp³-hybridized carbons (Fsp3) is 0.526. The highest BCUT2D eigenvalue weighted by Crippen LogP contribution is 2.18. The van der Waals surface area contributed by atoms with Crippen molar-refractivity contribution >= 4 is 15.9 Å². The van der Waals surface area contributed by atoms with Gasteiger partial charge in [0, 0.05) is 39.1 Å².